The zero-order chi connectivity index (χ0) is 20.9. The van der Waals surface area contributed by atoms with Gasteiger partial charge in [-0.3, -0.25) is 9.69 Å². The molecule has 1 saturated heterocycles. The first-order valence-electron chi connectivity index (χ1n) is 10.3. The topological polar surface area (TPSA) is 75.8 Å². The molecule has 3 aromatic rings. The SMILES string of the molecule is Cc1ccccc1C(Oc1cccc(CN2CCCCC2C(=O)O)c1)c1cocn1. The highest BCUT2D eigenvalue weighted by molar-refractivity contribution is 5.73. The Balaban J connectivity index is 1.56. The number of benzene rings is 2. The van der Waals surface area contributed by atoms with Crippen LogP contribution in [-0.2, 0) is 11.3 Å². The van der Waals surface area contributed by atoms with Crippen molar-refractivity contribution in [3.8, 4) is 5.75 Å². The van der Waals surface area contributed by atoms with Crippen molar-refractivity contribution in [3.63, 3.8) is 0 Å². The number of aromatic nitrogens is 1. The van der Waals surface area contributed by atoms with E-state index in [9.17, 15) is 9.90 Å². The van der Waals surface area contributed by atoms with E-state index in [4.69, 9.17) is 9.15 Å². The van der Waals surface area contributed by atoms with Crippen LogP contribution in [0, 0.1) is 6.92 Å². The number of hydrogen-bond donors (Lipinski definition) is 1. The molecule has 0 bridgehead atoms. The van der Waals surface area contributed by atoms with E-state index in [1.54, 1.807) is 6.26 Å². The second-order valence-electron chi connectivity index (χ2n) is 7.74. The van der Waals surface area contributed by atoms with Gasteiger partial charge in [-0.05, 0) is 49.6 Å². The lowest BCUT2D eigenvalue weighted by Crippen LogP contribution is -2.43. The van der Waals surface area contributed by atoms with Crippen molar-refractivity contribution in [1.82, 2.24) is 9.88 Å². The number of hydrogen-bond acceptors (Lipinski definition) is 5. The third-order valence-corrected chi connectivity index (χ3v) is 5.63. The quantitative estimate of drug-likeness (QED) is 0.618. The number of aliphatic carboxylic acids is 1. The lowest BCUT2D eigenvalue weighted by atomic mass is 10.0. The van der Waals surface area contributed by atoms with Crippen molar-refractivity contribution in [2.75, 3.05) is 6.54 Å². The zero-order valence-electron chi connectivity index (χ0n) is 17.0. The molecule has 2 atom stereocenters. The van der Waals surface area contributed by atoms with Gasteiger partial charge in [0.15, 0.2) is 12.5 Å². The van der Waals surface area contributed by atoms with Crippen LogP contribution in [0.2, 0.25) is 0 Å². The number of oxazole rings is 1. The molecule has 30 heavy (non-hydrogen) atoms. The second kappa shape index (κ2) is 9.13. The second-order valence-corrected chi connectivity index (χ2v) is 7.74. The molecule has 0 amide bonds. The van der Waals surface area contributed by atoms with Gasteiger partial charge in [0.05, 0.1) is 0 Å². The Morgan fingerprint density at radius 3 is 2.90 bits per heavy atom. The van der Waals surface area contributed by atoms with Crippen LogP contribution in [0.4, 0.5) is 0 Å². The number of rotatable bonds is 7. The van der Waals surface area contributed by atoms with Gasteiger partial charge in [-0.15, -0.1) is 0 Å². The van der Waals surface area contributed by atoms with Gasteiger partial charge in [-0.2, -0.15) is 0 Å². The summed E-state index contributed by atoms with van der Waals surface area (Å²) in [7, 11) is 0. The van der Waals surface area contributed by atoms with Crippen LogP contribution in [-0.4, -0.2) is 33.5 Å². The average Bonchev–Trinajstić information content (AvgIpc) is 3.28. The van der Waals surface area contributed by atoms with Crippen molar-refractivity contribution in [2.45, 2.75) is 44.9 Å². The summed E-state index contributed by atoms with van der Waals surface area (Å²) in [5.41, 5.74) is 3.87. The molecule has 4 rings (SSSR count). The molecule has 2 heterocycles. The third kappa shape index (κ3) is 4.54. The standard InChI is InChI=1S/C24H26N2O4/c1-17-7-2-3-10-20(17)23(21-15-29-16-25-21)30-19-9-6-8-18(13-19)14-26-12-5-4-11-22(26)24(27)28/h2-3,6-10,13,15-16,22-23H,4-5,11-12,14H2,1H3,(H,27,28). The van der Waals surface area contributed by atoms with Crippen molar-refractivity contribution in [3.05, 3.63) is 83.6 Å². The number of carboxylic acids is 1. The van der Waals surface area contributed by atoms with Crippen molar-refractivity contribution in [2.24, 2.45) is 0 Å². The van der Waals surface area contributed by atoms with Gasteiger partial charge in [0, 0.05) is 12.1 Å². The van der Waals surface area contributed by atoms with E-state index in [1.165, 1.54) is 6.39 Å². The Labute approximate surface area is 176 Å². The highest BCUT2D eigenvalue weighted by atomic mass is 16.5. The molecule has 2 aromatic carbocycles. The molecule has 6 nitrogen and oxygen atoms in total. The van der Waals surface area contributed by atoms with Crippen LogP contribution in [0.15, 0.2) is 65.6 Å². The Bertz CT molecular complexity index is 986. The predicted octanol–water partition coefficient (Wildman–Crippen LogP) is 4.59. The lowest BCUT2D eigenvalue weighted by Gasteiger charge is -2.33. The summed E-state index contributed by atoms with van der Waals surface area (Å²) in [4.78, 5) is 18.0. The molecular formula is C24H26N2O4. The summed E-state index contributed by atoms with van der Waals surface area (Å²) in [6.07, 6.45) is 5.32. The summed E-state index contributed by atoms with van der Waals surface area (Å²) < 4.78 is 11.6. The van der Waals surface area contributed by atoms with Crippen LogP contribution < -0.4 is 4.74 Å². The molecule has 0 radical (unpaired) electrons. The molecule has 1 fully saturated rings. The minimum Gasteiger partial charge on any atom is -0.480 e. The summed E-state index contributed by atoms with van der Waals surface area (Å²) in [6, 6.07) is 15.5. The molecule has 1 aliphatic heterocycles. The molecule has 1 aromatic heterocycles. The van der Waals surface area contributed by atoms with Crippen LogP contribution in [0.25, 0.3) is 0 Å². The smallest absolute Gasteiger partial charge is 0.320 e. The Hall–Kier alpha value is -3.12. The predicted molar refractivity (Wildman–Crippen MR) is 112 cm³/mol. The van der Waals surface area contributed by atoms with Crippen LogP contribution in [0.5, 0.6) is 5.75 Å². The average molecular weight is 406 g/mol. The van der Waals surface area contributed by atoms with Crippen LogP contribution in [0.1, 0.15) is 47.8 Å². The zero-order valence-corrected chi connectivity index (χ0v) is 17.0. The van der Waals surface area contributed by atoms with Crippen LogP contribution >= 0.6 is 0 Å². The maximum absolute atomic E-state index is 11.6. The van der Waals surface area contributed by atoms with Gasteiger partial charge in [-0.1, -0.05) is 42.8 Å². The van der Waals surface area contributed by atoms with Gasteiger partial charge in [0.25, 0.3) is 0 Å². The van der Waals surface area contributed by atoms with Gasteiger partial charge >= 0.3 is 5.97 Å². The number of carbonyl (C=O) groups is 1. The van der Waals surface area contributed by atoms with E-state index in [1.807, 2.05) is 60.4 Å². The van der Waals surface area contributed by atoms with Crippen molar-refractivity contribution in [1.29, 1.82) is 0 Å². The van der Waals surface area contributed by atoms with Gasteiger partial charge in [0.2, 0.25) is 0 Å². The minimum atomic E-state index is -0.743. The molecule has 0 saturated carbocycles. The molecule has 0 spiro atoms. The van der Waals surface area contributed by atoms with Gasteiger partial charge < -0.3 is 14.3 Å². The summed E-state index contributed by atoms with van der Waals surface area (Å²) in [6.45, 7) is 3.44. The Morgan fingerprint density at radius 1 is 1.27 bits per heavy atom. The maximum atomic E-state index is 11.6. The van der Waals surface area contributed by atoms with E-state index in [-0.39, 0.29) is 6.10 Å². The van der Waals surface area contributed by atoms with E-state index in [2.05, 4.69) is 4.98 Å². The molecule has 156 valence electrons. The fraction of sp³-hybridized carbons (Fsp3) is 0.333. The molecular weight excluding hydrogens is 380 g/mol. The number of likely N-dealkylation sites (tertiary alicyclic amines) is 1. The monoisotopic (exact) mass is 406 g/mol. The van der Waals surface area contributed by atoms with Crippen LogP contribution in [0.3, 0.4) is 0 Å². The first kappa shape index (κ1) is 20.2. The number of aryl methyl sites for hydroxylation is 1. The van der Waals surface area contributed by atoms with Crippen molar-refractivity contribution >= 4 is 5.97 Å². The number of carboxylic acid groups (broad SMARTS) is 1. The number of nitrogens with zero attached hydrogens (tertiary/aromatic N) is 2. The van der Waals surface area contributed by atoms with E-state index < -0.39 is 12.0 Å². The molecule has 1 N–H and O–H groups in total. The minimum absolute atomic E-state index is 0.387. The summed E-state index contributed by atoms with van der Waals surface area (Å²) in [5.74, 6) is -0.0274. The highest BCUT2D eigenvalue weighted by Gasteiger charge is 2.28. The van der Waals surface area contributed by atoms with E-state index >= 15 is 0 Å². The first-order valence-corrected chi connectivity index (χ1v) is 10.3. The largest absolute Gasteiger partial charge is 0.480 e. The number of ether oxygens (including phenoxy) is 1. The van der Waals surface area contributed by atoms with Gasteiger partial charge in [0.1, 0.15) is 23.7 Å². The fourth-order valence-electron chi connectivity index (χ4n) is 4.06. The van der Waals surface area contributed by atoms with Crippen molar-refractivity contribution < 1.29 is 19.1 Å². The number of piperidine rings is 1. The molecule has 2 unspecified atom stereocenters. The Morgan fingerprint density at radius 2 is 2.13 bits per heavy atom. The highest BCUT2D eigenvalue weighted by Crippen LogP contribution is 2.30. The summed E-state index contributed by atoms with van der Waals surface area (Å²) in [5, 5.41) is 9.54. The molecule has 0 aliphatic carbocycles. The first-order chi connectivity index (χ1) is 14.6. The summed E-state index contributed by atoms with van der Waals surface area (Å²) >= 11 is 0. The maximum Gasteiger partial charge on any atom is 0.320 e. The fourth-order valence-corrected chi connectivity index (χ4v) is 4.06. The Kier molecular flexibility index (Phi) is 6.14. The molecule has 6 heteroatoms. The van der Waals surface area contributed by atoms with E-state index in [0.717, 1.165) is 36.1 Å². The van der Waals surface area contributed by atoms with E-state index in [0.29, 0.717) is 24.4 Å². The normalized spacial score (nSPS) is 18.1. The molecule has 1 aliphatic rings. The third-order valence-electron chi connectivity index (χ3n) is 5.63. The lowest BCUT2D eigenvalue weighted by molar-refractivity contribution is -0.144. The van der Waals surface area contributed by atoms with Gasteiger partial charge in [-0.25, -0.2) is 4.98 Å².